The maximum absolute atomic E-state index is 12.7. The third kappa shape index (κ3) is 44.3. The van der Waals surface area contributed by atoms with E-state index in [1.165, 1.54) is 141 Å². The van der Waals surface area contributed by atoms with Crippen molar-refractivity contribution < 1.29 is 28.6 Å². The van der Waals surface area contributed by atoms with Crippen LogP contribution in [0.15, 0.2) is 48.6 Å². The van der Waals surface area contributed by atoms with E-state index in [1.54, 1.807) is 0 Å². The molecule has 0 aliphatic rings. The average molecular weight is 799 g/mol. The van der Waals surface area contributed by atoms with Gasteiger partial charge in [0.1, 0.15) is 13.2 Å². The topological polar surface area (TPSA) is 78.9 Å². The van der Waals surface area contributed by atoms with Gasteiger partial charge in [0.25, 0.3) is 0 Å². The number of rotatable bonds is 43. The van der Waals surface area contributed by atoms with E-state index in [4.69, 9.17) is 14.2 Å². The molecule has 6 heteroatoms. The molecule has 57 heavy (non-hydrogen) atoms. The van der Waals surface area contributed by atoms with Crippen molar-refractivity contribution in [2.24, 2.45) is 0 Å². The van der Waals surface area contributed by atoms with Gasteiger partial charge in [0.15, 0.2) is 6.10 Å². The van der Waals surface area contributed by atoms with Crippen molar-refractivity contribution in [3.05, 3.63) is 48.6 Å². The Morgan fingerprint density at radius 1 is 0.351 bits per heavy atom. The third-order valence-corrected chi connectivity index (χ3v) is 10.3. The molecule has 0 fully saturated rings. The zero-order valence-corrected chi connectivity index (χ0v) is 37.6. The van der Waals surface area contributed by atoms with Crippen LogP contribution in [0, 0.1) is 0 Å². The average Bonchev–Trinajstić information content (AvgIpc) is 3.21. The molecule has 0 aliphatic carbocycles. The maximum Gasteiger partial charge on any atom is 0.306 e. The van der Waals surface area contributed by atoms with Crippen molar-refractivity contribution in [3.63, 3.8) is 0 Å². The van der Waals surface area contributed by atoms with Gasteiger partial charge in [-0.2, -0.15) is 0 Å². The standard InChI is InChI=1S/C51H90O6/c1-4-7-10-13-16-19-22-25-28-31-34-37-40-43-49(52)55-46-48(57-51(54)45-42-39-36-33-30-27-24-21-18-15-12-9-6-3)47-56-50(53)44-41-38-35-32-29-26-23-20-17-14-11-8-5-2/h25,27-28,30,34,36-37,39,48H,4-24,26,29,31-33,35,38,40-47H2,1-3H3/b28-25+,30-27+,37-34+,39-36+. The number of carbonyl (C=O) groups is 3. The van der Waals surface area contributed by atoms with Gasteiger partial charge >= 0.3 is 17.9 Å². The van der Waals surface area contributed by atoms with Gasteiger partial charge in [0.05, 0.1) is 0 Å². The molecule has 6 nitrogen and oxygen atoms in total. The van der Waals surface area contributed by atoms with Gasteiger partial charge in [0.2, 0.25) is 0 Å². The highest BCUT2D eigenvalue weighted by Gasteiger charge is 2.19. The SMILES string of the molecule is CCCCCCCC/C=C/C/C=C/CCC(=O)OCC(COC(=O)CCCCCCCCCCCCCCC)OC(=O)CC/C=C/C/C=C/CCCCCCCC. The minimum atomic E-state index is -0.821. The molecule has 0 radical (unpaired) electrons. The van der Waals surface area contributed by atoms with Gasteiger partial charge in [-0.15, -0.1) is 0 Å². The number of allylic oxidation sites excluding steroid dienone is 8. The molecule has 1 unspecified atom stereocenters. The minimum absolute atomic E-state index is 0.111. The van der Waals surface area contributed by atoms with Crippen LogP contribution in [0.1, 0.15) is 239 Å². The van der Waals surface area contributed by atoms with Crippen molar-refractivity contribution in [2.75, 3.05) is 13.2 Å². The zero-order valence-electron chi connectivity index (χ0n) is 37.6. The lowest BCUT2D eigenvalue weighted by Gasteiger charge is -2.18. The predicted molar refractivity (Wildman–Crippen MR) is 242 cm³/mol. The van der Waals surface area contributed by atoms with Crippen LogP contribution in [0.5, 0.6) is 0 Å². The second kappa shape index (κ2) is 46.1. The van der Waals surface area contributed by atoms with Crippen LogP contribution in [-0.2, 0) is 28.6 Å². The Bertz CT molecular complexity index is 1010. The molecule has 0 N–H and O–H groups in total. The first kappa shape index (κ1) is 54.4. The lowest BCUT2D eigenvalue weighted by molar-refractivity contribution is -0.166. The first-order valence-corrected chi connectivity index (χ1v) is 24.1. The van der Waals surface area contributed by atoms with E-state index in [0.717, 1.165) is 44.9 Å². The molecule has 0 saturated carbocycles. The van der Waals surface area contributed by atoms with Crippen LogP contribution in [0.4, 0.5) is 0 Å². The van der Waals surface area contributed by atoms with E-state index >= 15 is 0 Å². The molecular weight excluding hydrogens is 709 g/mol. The first-order chi connectivity index (χ1) is 28.0. The molecule has 1 atom stereocenters. The van der Waals surface area contributed by atoms with Gasteiger partial charge in [-0.05, 0) is 57.8 Å². The molecule has 0 heterocycles. The second-order valence-electron chi connectivity index (χ2n) is 16.0. The van der Waals surface area contributed by atoms with Crippen LogP contribution < -0.4 is 0 Å². The minimum Gasteiger partial charge on any atom is -0.462 e. The quantitative estimate of drug-likeness (QED) is 0.0265. The Hall–Kier alpha value is -2.63. The summed E-state index contributed by atoms with van der Waals surface area (Å²) in [5.74, 6) is -1.05. The molecule has 0 saturated heterocycles. The fraction of sp³-hybridized carbons (Fsp3) is 0.784. The van der Waals surface area contributed by atoms with Gasteiger partial charge in [0, 0.05) is 19.3 Å². The molecule has 330 valence electrons. The fourth-order valence-corrected chi connectivity index (χ4v) is 6.67. The summed E-state index contributed by atoms with van der Waals surface area (Å²) >= 11 is 0. The fourth-order valence-electron chi connectivity index (χ4n) is 6.67. The Morgan fingerprint density at radius 3 is 1.07 bits per heavy atom. The van der Waals surface area contributed by atoms with Gasteiger partial charge in [-0.3, -0.25) is 14.4 Å². The molecule has 0 spiro atoms. The lowest BCUT2D eigenvalue weighted by Crippen LogP contribution is -2.30. The zero-order chi connectivity index (χ0) is 41.5. The summed E-state index contributed by atoms with van der Waals surface area (Å²) in [6, 6.07) is 0. The molecule has 0 rings (SSSR count). The monoisotopic (exact) mass is 799 g/mol. The second-order valence-corrected chi connectivity index (χ2v) is 16.0. The molecular formula is C51H90O6. The van der Waals surface area contributed by atoms with E-state index in [1.807, 2.05) is 12.2 Å². The summed E-state index contributed by atoms with van der Waals surface area (Å²) in [6.07, 6.45) is 54.0. The largest absolute Gasteiger partial charge is 0.462 e. The lowest BCUT2D eigenvalue weighted by atomic mass is 10.0. The van der Waals surface area contributed by atoms with Crippen LogP contribution in [0.2, 0.25) is 0 Å². The smallest absolute Gasteiger partial charge is 0.306 e. The Morgan fingerprint density at radius 2 is 0.667 bits per heavy atom. The molecule has 0 aromatic rings. The van der Waals surface area contributed by atoms with E-state index in [0.29, 0.717) is 19.3 Å². The number of ether oxygens (including phenoxy) is 3. The Kier molecular flexibility index (Phi) is 43.9. The van der Waals surface area contributed by atoms with Crippen LogP contribution >= 0.6 is 0 Å². The summed E-state index contributed by atoms with van der Waals surface area (Å²) in [4.78, 5) is 37.7. The van der Waals surface area contributed by atoms with Gasteiger partial charge in [-0.1, -0.05) is 211 Å². The number of esters is 3. The Balaban J connectivity index is 4.50. The normalized spacial score (nSPS) is 12.4. The number of unbranched alkanes of at least 4 members (excludes halogenated alkanes) is 24. The predicted octanol–water partition coefficient (Wildman–Crippen LogP) is 15.5. The molecule has 0 bridgehead atoms. The van der Waals surface area contributed by atoms with E-state index < -0.39 is 6.10 Å². The maximum atomic E-state index is 12.7. The van der Waals surface area contributed by atoms with Gasteiger partial charge < -0.3 is 14.2 Å². The highest BCUT2D eigenvalue weighted by atomic mass is 16.6. The summed E-state index contributed by atoms with van der Waals surface area (Å²) in [7, 11) is 0. The molecule has 0 amide bonds. The summed E-state index contributed by atoms with van der Waals surface area (Å²) in [5, 5.41) is 0. The molecule has 0 aromatic heterocycles. The van der Waals surface area contributed by atoms with Crippen molar-refractivity contribution in [3.8, 4) is 0 Å². The van der Waals surface area contributed by atoms with Crippen LogP contribution in [0.25, 0.3) is 0 Å². The van der Waals surface area contributed by atoms with Crippen LogP contribution in [-0.4, -0.2) is 37.2 Å². The van der Waals surface area contributed by atoms with E-state index in [2.05, 4.69) is 57.2 Å². The van der Waals surface area contributed by atoms with Crippen molar-refractivity contribution >= 4 is 17.9 Å². The number of carbonyl (C=O) groups excluding carboxylic acids is 3. The van der Waals surface area contributed by atoms with Crippen LogP contribution in [0.3, 0.4) is 0 Å². The van der Waals surface area contributed by atoms with E-state index in [9.17, 15) is 14.4 Å². The first-order valence-electron chi connectivity index (χ1n) is 24.1. The van der Waals surface area contributed by atoms with Gasteiger partial charge in [-0.25, -0.2) is 0 Å². The number of hydrogen-bond donors (Lipinski definition) is 0. The Labute approximate surface area is 352 Å². The summed E-state index contributed by atoms with van der Waals surface area (Å²) < 4.78 is 16.6. The third-order valence-electron chi connectivity index (χ3n) is 10.3. The van der Waals surface area contributed by atoms with E-state index in [-0.39, 0.29) is 44.0 Å². The molecule has 0 aliphatic heterocycles. The number of hydrogen-bond acceptors (Lipinski definition) is 6. The summed E-state index contributed by atoms with van der Waals surface area (Å²) in [5.41, 5.74) is 0. The summed E-state index contributed by atoms with van der Waals surface area (Å²) in [6.45, 7) is 6.52. The van der Waals surface area contributed by atoms with Crippen molar-refractivity contribution in [2.45, 2.75) is 245 Å². The molecule has 0 aromatic carbocycles. The highest BCUT2D eigenvalue weighted by Crippen LogP contribution is 2.14. The van der Waals surface area contributed by atoms with Crippen molar-refractivity contribution in [1.29, 1.82) is 0 Å². The highest BCUT2D eigenvalue weighted by molar-refractivity contribution is 5.71. The van der Waals surface area contributed by atoms with Crippen molar-refractivity contribution in [1.82, 2.24) is 0 Å².